The van der Waals surface area contributed by atoms with Gasteiger partial charge in [0, 0.05) is 12.2 Å². The molecule has 0 radical (unpaired) electrons. The van der Waals surface area contributed by atoms with Crippen molar-refractivity contribution in [3.63, 3.8) is 0 Å². The average molecular weight is 260 g/mol. The van der Waals surface area contributed by atoms with Gasteiger partial charge >= 0.3 is 23.9 Å². The molecular formula is C10H12O8. The molecule has 0 saturated carbocycles. The third-order valence-electron chi connectivity index (χ3n) is 1.44. The van der Waals surface area contributed by atoms with E-state index in [1.807, 2.05) is 0 Å². The molecule has 0 spiro atoms. The minimum atomic E-state index is -1.48. The molecule has 18 heavy (non-hydrogen) atoms. The summed E-state index contributed by atoms with van der Waals surface area (Å²) in [6, 6.07) is 0. The number of rotatable bonds is 4. The number of carbonyl (C=O) groups excluding carboxylic acids is 4. The van der Waals surface area contributed by atoms with E-state index < -0.39 is 36.1 Å². The summed E-state index contributed by atoms with van der Waals surface area (Å²) in [5, 5.41) is 17.4. The average Bonchev–Trinajstić information content (AvgIpc) is 2.25. The molecule has 0 amide bonds. The first-order valence-corrected chi connectivity index (χ1v) is 4.79. The Balaban J connectivity index is 4.23. The summed E-state index contributed by atoms with van der Waals surface area (Å²) in [5.41, 5.74) is 0. The predicted molar refractivity (Wildman–Crippen MR) is 54.7 cm³/mol. The van der Waals surface area contributed by atoms with Crippen LogP contribution in [0.4, 0.5) is 0 Å². The van der Waals surface area contributed by atoms with Crippen molar-refractivity contribution < 1.29 is 38.9 Å². The molecular weight excluding hydrogens is 248 g/mol. The van der Waals surface area contributed by atoms with Crippen LogP contribution in [0.3, 0.4) is 0 Å². The van der Waals surface area contributed by atoms with Gasteiger partial charge in [-0.3, -0.25) is 0 Å². The van der Waals surface area contributed by atoms with Crippen LogP contribution in [0.1, 0.15) is 13.8 Å². The second-order valence-corrected chi connectivity index (χ2v) is 3.17. The van der Waals surface area contributed by atoms with Crippen molar-refractivity contribution in [1.82, 2.24) is 0 Å². The molecule has 0 fully saturated rings. The lowest BCUT2D eigenvalue weighted by atomic mass is 10.4. The van der Waals surface area contributed by atoms with Crippen LogP contribution in [0, 0.1) is 0 Å². The molecule has 0 aliphatic rings. The van der Waals surface area contributed by atoms with E-state index in [1.165, 1.54) is 0 Å². The normalized spacial score (nSPS) is 13.8. The minimum Gasteiger partial charge on any atom is -0.388 e. The van der Waals surface area contributed by atoms with Gasteiger partial charge in [-0.15, -0.1) is 0 Å². The summed E-state index contributed by atoms with van der Waals surface area (Å²) >= 11 is 0. The van der Waals surface area contributed by atoms with Gasteiger partial charge < -0.3 is 19.7 Å². The van der Waals surface area contributed by atoms with Crippen molar-refractivity contribution in [2.45, 2.75) is 26.1 Å². The lowest BCUT2D eigenvalue weighted by Crippen LogP contribution is -2.23. The molecule has 0 saturated heterocycles. The molecule has 2 N–H and O–H groups in total. The maximum atomic E-state index is 10.9. The Morgan fingerprint density at radius 1 is 0.833 bits per heavy atom. The van der Waals surface area contributed by atoms with Gasteiger partial charge in [-0.05, 0) is 13.8 Å². The van der Waals surface area contributed by atoms with Crippen LogP contribution in [0.25, 0.3) is 0 Å². The number of hydrogen-bond acceptors (Lipinski definition) is 8. The van der Waals surface area contributed by atoms with Crippen LogP contribution in [-0.4, -0.2) is 46.3 Å². The number of carbonyl (C=O) groups is 4. The first-order valence-electron chi connectivity index (χ1n) is 4.79. The SMILES string of the molecule is CC(O)C(=O)OC(=O)/C=C\C(=O)OC(=O)C(C)O. The van der Waals surface area contributed by atoms with E-state index in [0.29, 0.717) is 12.2 Å². The third-order valence-corrected chi connectivity index (χ3v) is 1.44. The highest BCUT2D eigenvalue weighted by Gasteiger charge is 2.16. The van der Waals surface area contributed by atoms with Crippen molar-refractivity contribution >= 4 is 23.9 Å². The second kappa shape index (κ2) is 7.30. The lowest BCUT2D eigenvalue weighted by Gasteiger charge is -2.02. The van der Waals surface area contributed by atoms with Crippen LogP contribution in [-0.2, 0) is 28.7 Å². The van der Waals surface area contributed by atoms with Crippen molar-refractivity contribution in [2.24, 2.45) is 0 Å². The summed E-state index contributed by atoms with van der Waals surface area (Å²) in [7, 11) is 0. The monoisotopic (exact) mass is 260 g/mol. The summed E-state index contributed by atoms with van der Waals surface area (Å²) in [4.78, 5) is 43.3. The fraction of sp³-hybridized carbons (Fsp3) is 0.400. The van der Waals surface area contributed by atoms with Crippen molar-refractivity contribution in [1.29, 1.82) is 0 Å². The highest BCUT2D eigenvalue weighted by molar-refractivity contribution is 5.99. The first-order chi connectivity index (χ1) is 8.23. The quantitative estimate of drug-likeness (QED) is 0.353. The van der Waals surface area contributed by atoms with Gasteiger partial charge in [0.05, 0.1) is 0 Å². The van der Waals surface area contributed by atoms with Crippen LogP contribution < -0.4 is 0 Å². The Kier molecular flexibility index (Phi) is 6.47. The van der Waals surface area contributed by atoms with E-state index in [9.17, 15) is 19.2 Å². The van der Waals surface area contributed by atoms with Gasteiger partial charge in [-0.25, -0.2) is 19.2 Å². The molecule has 0 rings (SSSR count). The summed E-state index contributed by atoms with van der Waals surface area (Å²) in [6.07, 6.45) is -1.88. The number of aliphatic hydroxyl groups excluding tert-OH is 2. The zero-order valence-corrected chi connectivity index (χ0v) is 9.65. The van der Waals surface area contributed by atoms with E-state index in [0.717, 1.165) is 13.8 Å². The Hall–Kier alpha value is -2.06. The highest BCUT2D eigenvalue weighted by Crippen LogP contribution is 1.92. The summed E-state index contributed by atoms with van der Waals surface area (Å²) in [6.45, 7) is 2.18. The van der Waals surface area contributed by atoms with E-state index in [4.69, 9.17) is 10.2 Å². The van der Waals surface area contributed by atoms with Gasteiger partial charge in [-0.1, -0.05) is 0 Å². The molecule has 0 aromatic rings. The zero-order valence-electron chi connectivity index (χ0n) is 9.65. The number of ether oxygens (including phenoxy) is 2. The Morgan fingerprint density at radius 3 is 1.33 bits per heavy atom. The van der Waals surface area contributed by atoms with Gasteiger partial charge in [-0.2, -0.15) is 0 Å². The Labute approximate surface area is 102 Å². The maximum Gasteiger partial charge on any atom is 0.342 e. The lowest BCUT2D eigenvalue weighted by molar-refractivity contribution is -0.164. The predicted octanol–water partition coefficient (Wildman–Crippen LogP) is -1.56. The smallest absolute Gasteiger partial charge is 0.342 e. The van der Waals surface area contributed by atoms with Crippen LogP contribution in [0.5, 0.6) is 0 Å². The molecule has 0 aromatic carbocycles. The van der Waals surface area contributed by atoms with E-state index in [-0.39, 0.29) is 0 Å². The number of hydrogen-bond donors (Lipinski definition) is 2. The standard InChI is InChI=1S/C10H12O8/c1-5(11)9(15)17-7(13)3-4-8(14)18-10(16)6(2)12/h3-6,11-12H,1-2H3/b4-3-. The molecule has 2 atom stereocenters. The van der Waals surface area contributed by atoms with E-state index in [2.05, 4.69) is 9.47 Å². The van der Waals surface area contributed by atoms with Crippen LogP contribution in [0.15, 0.2) is 12.2 Å². The van der Waals surface area contributed by atoms with Gasteiger partial charge in [0.25, 0.3) is 0 Å². The fourth-order valence-electron chi connectivity index (χ4n) is 0.573. The number of esters is 4. The summed E-state index contributed by atoms with van der Waals surface area (Å²) < 4.78 is 8.12. The molecule has 0 aromatic heterocycles. The molecule has 0 bridgehead atoms. The highest BCUT2D eigenvalue weighted by atomic mass is 16.6. The first kappa shape index (κ1) is 15.9. The van der Waals surface area contributed by atoms with Crippen molar-refractivity contribution in [3.05, 3.63) is 12.2 Å². The van der Waals surface area contributed by atoms with E-state index in [1.54, 1.807) is 0 Å². The van der Waals surface area contributed by atoms with Crippen molar-refractivity contribution in [3.8, 4) is 0 Å². The number of aliphatic hydroxyl groups is 2. The topological polar surface area (TPSA) is 127 Å². The second-order valence-electron chi connectivity index (χ2n) is 3.17. The molecule has 8 heteroatoms. The van der Waals surface area contributed by atoms with Gasteiger partial charge in [0.1, 0.15) is 12.2 Å². The maximum absolute atomic E-state index is 10.9. The Morgan fingerprint density at radius 2 is 1.11 bits per heavy atom. The van der Waals surface area contributed by atoms with Crippen molar-refractivity contribution in [2.75, 3.05) is 0 Å². The van der Waals surface area contributed by atoms with Gasteiger partial charge in [0.2, 0.25) is 0 Å². The molecule has 0 heterocycles. The zero-order chi connectivity index (χ0) is 14.3. The van der Waals surface area contributed by atoms with E-state index >= 15 is 0 Å². The fourth-order valence-corrected chi connectivity index (χ4v) is 0.573. The Bertz CT molecular complexity index is 343. The molecule has 0 aliphatic heterocycles. The third kappa shape index (κ3) is 6.51. The minimum absolute atomic E-state index is 0.540. The van der Waals surface area contributed by atoms with Gasteiger partial charge in [0.15, 0.2) is 0 Å². The largest absolute Gasteiger partial charge is 0.388 e. The van der Waals surface area contributed by atoms with Crippen LogP contribution in [0.2, 0.25) is 0 Å². The summed E-state index contributed by atoms with van der Waals surface area (Å²) in [5.74, 6) is -4.78. The molecule has 100 valence electrons. The van der Waals surface area contributed by atoms with Crippen LogP contribution >= 0.6 is 0 Å². The molecule has 2 unspecified atom stereocenters. The molecule has 8 nitrogen and oxygen atoms in total. The molecule has 0 aliphatic carbocycles.